The van der Waals surface area contributed by atoms with Gasteiger partial charge in [0.1, 0.15) is 0 Å². The predicted molar refractivity (Wildman–Crippen MR) is 112 cm³/mol. The molecule has 2 aliphatic rings. The van der Waals surface area contributed by atoms with Gasteiger partial charge in [0, 0.05) is 50.4 Å². The van der Waals surface area contributed by atoms with Crippen molar-refractivity contribution in [2.24, 2.45) is 0 Å². The van der Waals surface area contributed by atoms with Crippen LogP contribution < -0.4 is 5.32 Å². The standard InChI is InChI=1S/C22H32N4O2/c1-4-12-25-13-11-22(10-9-20(25)27)17-26(15-14-24(22)3)21(28)23-19-8-6-7-18(5-2)16-19/h4,6-8,16H,1,5,9-15,17H2,2-3H3,(H,23,28). The molecule has 3 rings (SSSR count). The van der Waals surface area contributed by atoms with E-state index in [1.807, 2.05) is 28.0 Å². The highest BCUT2D eigenvalue weighted by molar-refractivity contribution is 5.89. The highest BCUT2D eigenvalue weighted by Crippen LogP contribution is 2.32. The predicted octanol–water partition coefficient (Wildman–Crippen LogP) is 2.97. The van der Waals surface area contributed by atoms with Crippen molar-refractivity contribution in [2.75, 3.05) is 45.1 Å². The molecule has 1 aromatic carbocycles. The molecule has 0 aromatic heterocycles. The van der Waals surface area contributed by atoms with Gasteiger partial charge in [-0.05, 0) is 44.0 Å². The summed E-state index contributed by atoms with van der Waals surface area (Å²) in [6, 6.07) is 7.95. The van der Waals surface area contributed by atoms with Crippen molar-refractivity contribution in [2.45, 2.75) is 38.1 Å². The Kier molecular flexibility index (Phi) is 6.39. The van der Waals surface area contributed by atoms with Crippen molar-refractivity contribution >= 4 is 17.6 Å². The van der Waals surface area contributed by atoms with Gasteiger partial charge in [-0.25, -0.2) is 4.79 Å². The molecular formula is C22H32N4O2. The summed E-state index contributed by atoms with van der Waals surface area (Å²) < 4.78 is 0. The molecule has 1 unspecified atom stereocenters. The lowest BCUT2D eigenvalue weighted by Crippen LogP contribution is -2.62. The van der Waals surface area contributed by atoms with Crippen LogP contribution in [0.5, 0.6) is 0 Å². The number of likely N-dealkylation sites (tertiary alicyclic amines) is 1. The summed E-state index contributed by atoms with van der Waals surface area (Å²) in [5, 5.41) is 3.05. The number of carbonyl (C=O) groups is 2. The van der Waals surface area contributed by atoms with Crippen LogP contribution in [0.3, 0.4) is 0 Å². The molecule has 2 aliphatic heterocycles. The van der Waals surface area contributed by atoms with Crippen LogP contribution in [0, 0.1) is 0 Å². The third-order valence-corrected chi connectivity index (χ3v) is 6.23. The minimum atomic E-state index is -0.146. The van der Waals surface area contributed by atoms with Crippen LogP contribution in [0.1, 0.15) is 31.7 Å². The fraction of sp³-hybridized carbons (Fsp3) is 0.545. The van der Waals surface area contributed by atoms with Crippen LogP contribution in [0.4, 0.5) is 10.5 Å². The number of urea groups is 1. The molecule has 6 nitrogen and oxygen atoms in total. The van der Waals surface area contributed by atoms with Crippen LogP contribution in [-0.2, 0) is 11.2 Å². The first-order valence-corrected chi connectivity index (χ1v) is 10.2. The molecule has 1 aromatic rings. The van der Waals surface area contributed by atoms with E-state index in [0.717, 1.165) is 31.5 Å². The van der Waals surface area contributed by atoms with Gasteiger partial charge in [0.2, 0.25) is 5.91 Å². The second-order valence-electron chi connectivity index (χ2n) is 7.93. The van der Waals surface area contributed by atoms with Gasteiger partial charge in [-0.3, -0.25) is 9.69 Å². The molecule has 1 spiro atoms. The summed E-state index contributed by atoms with van der Waals surface area (Å²) >= 11 is 0. The first-order valence-electron chi connectivity index (χ1n) is 10.2. The van der Waals surface area contributed by atoms with Crippen LogP contribution in [0.15, 0.2) is 36.9 Å². The van der Waals surface area contributed by atoms with Gasteiger partial charge in [-0.1, -0.05) is 25.1 Å². The molecule has 0 radical (unpaired) electrons. The summed E-state index contributed by atoms with van der Waals surface area (Å²) in [5.41, 5.74) is 1.90. The van der Waals surface area contributed by atoms with E-state index in [1.165, 1.54) is 5.56 Å². The van der Waals surface area contributed by atoms with Crippen molar-refractivity contribution in [3.63, 3.8) is 0 Å². The van der Waals surface area contributed by atoms with Crippen LogP contribution in [0.2, 0.25) is 0 Å². The SMILES string of the molecule is C=CCN1CCC2(CCC1=O)CN(C(=O)Nc1cccc(CC)c1)CCN2C. The number of anilines is 1. The van der Waals surface area contributed by atoms with Gasteiger partial charge >= 0.3 is 6.03 Å². The second kappa shape index (κ2) is 8.78. The lowest BCUT2D eigenvalue weighted by Gasteiger charge is -2.49. The number of likely N-dealkylation sites (N-methyl/N-ethyl adjacent to an activating group) is 1. The molecule has 2 heterocycles. The largest absolute Gasteiger partial charge is 0.339 e. The lowest BCUT2D eigenvalue weighted by atomic mass is 9.86. The zero-order valence-electron chi connectivity index (χ0n) is 17.1. The molecule has 2 fully saturated rings. The maximum Gasteiger partial charge on any atom is 0.321 e. The number of piperazine rings is 1. The van der Waals surface area contributed by atoms with Gasteiger partial charge in [0.15, 0.2) is 0 Å². The Bertz CT molecular complexity index is 735. The molecule has 3 amide bonds. The van der Waals surface area contributed by atoms with E-state index < -0.39 is 0 Å². The Morgan fingerprint density at radius 1 is 1.29 bits per heavy atom. The van der Waals surface area contributed by atoms with Crippen molar-refractivity contribution < 1.29 is 9.59 Å². The zero-order valence-corrected chi connectivity index (χ0v) is 17.1. The van der Waals surface area contributed by atoms with E-state index in [4.69, 9.17) is 0 Å². The number of hydrogen-bond donors (Lipinski definition) is 1. The Morgan fingerprint density at radius 2 is 2.11 bits per heavy atom. The Hall–Kier alpha value is -2.34. The highest BCUT2D eigenvalue weighted by Gasteiger charge is 2.43. The molecule has 1 N–H and O–H groups in total. The second-order valence-corrected chi connectivity index (χ2v) is 7.93. The Morgan fingerprint density at radius 3 is 2.86 bits per heavy atom. The quantitative estimate of drug-likeness (QED) is 0.812. The number of benzene rings is 1. The van der Waals surface area contributed by atoms with Gasteiger partial charge in [-0.15, -0.1) is 6.58 Å². The first-order chi connectivity index (χ1) is 13.5. The number of amides is 3. The number of aryl methyl sites for hydroxylation is 1. The summed E-state index contributed by atoms with van der Waals surface area (Å²) in [5.74, 6) is 0.183. The summed E-state index contributed by atoms with van der Waals surface area (Å²) in [6.07, 6.45) is 4.90. The number of hydrogen-bond acceptors (Lipinski definition) is 3. The monoisotopic (exact) mass is 384 g/mol. The smallest absolute Gasteiger partial charge is 0.321 e. The minimum absolute atomic E-state index is 0.0563. The fourth-order valence-electron chi connectivity index (χ4n) is 4.29. The van der Waals surface area contributed by atoms with E-state index in [0.29, 0.717) is 32.6 Å². The topological polar surface area (TPSA) is 55.9 Å². The van der Waals surface area contributed by atoms with Crippen LogP contribution in [-0.4, -0.2) is 71.9 Å². The third-order valence-electron chi connectivity index (χ3n) is 6.23. The fourth-order valence-corrected chi connectivity index (χ4v) is 4.29. The normalized spacial score (nSPS) is 23.6. The summed E-state index contributed by atoms with van der Waals surface area (Å²) in [6.45, 7) is 9.34. The van der Waals surface area contributed by atoms with E-state index in [9.17, 15) is 9.59 Å². The van der Waals surface area contributed by atoms with Crippen molar-refractivity contribution in [1.82, 2.24) is 14.7 Å². The van der Waals surface area contributed by atoms with Gasteiger partial charge < -0.3 is 15.1 Å². The maximum absolute atomic E-state index is 12.9. The first kappa shape index (κ1) is 20.4. The van der Waals surface area contributed by atoms with Gasteiger partial charge in [-0.2, -0.15) is 0 Å². The van der Waals surface area contributed by atoms with E-state index in [2.05, 4.69) is 36.8 Å². The number of rotatable bonds is 4. The molecule has 1 atom stereocenters. The van der Waals surface area contributed by atoms with Crippen LogP contribution in [0.25, 0.3) is 0 Å². The minimum Gasteiger partial charge on any atom is -0.339 e. The van der Waals surface area contributed by atoms with Crippen molar-refractivity contribution in [3.05, 3.63) is 42.5 Å². The maximum atomic E-state index is 12.9. The molecule has 0 aliphatic carbocycles. The van der Waals surface area contributed by atoms with Crippen LogP contribution >= 0.6 is 0 Å². The molecular weight excluding hydrogens is 352 g/mol. The van der Waals surface area contributed by atoms with Crippen molar-refractivity contribution in [1.29, 1.82) is 0 Å². The Balaban J connectivity index is 1.70. The third kappa shape index (κ3) is 4.38. The number of nitrogens with one attached hydrogen (secondary N) is 1. The van der Waals surface area contributed by atoms with E-state index >= 15 is 0 Å². The lowest BCUT2D eigenvalue weighted by molar-refractivity contribution is -0.130. The highest BCUT2D eigenvalue weighted by atomic mass is 16.2. The number of carbonyl (C=O) groups excluding carboxylic acids is 2. The van der Waals surface area contributed by atoms with E-state index in [-0.39, 0.29) is 17.5 Å². The molecule has 2 saturated heterocycles. The molecule has 152 valence electrons. The Labute approximate surface area is 168 Å². The van der Waals surface area contributed by atoms with Crippen molar-refractivity contribution in [3.8, 4) is 0 Å². The average molecular weight is 385 g/mol. The average Bonchev–Trinajstić information content (AvgIpc) is 2.85. The summed E-state index contributed by atoms with van der Waals surface area (Å²) in [7, 11) is 2.12. The molecule has 6 heteroatoms. The van der Waals surface area contributed by atoms with Gasteiger partial charge in [0.25, 0.3) is 0 Å². The van der Waals surface area contributed by atoms with Gasteiger partial charge in [0.05, 0.1) is 0 Å². The van der Waals surface area contributed by atoms with E-state index in [1.54, 1.807) is 6.08 Å². The molecule has 0 saturated carbocycles. The number of nitrogens with zero attached hydrogens (tertiary/aromatic N) is 3. The summed E-state index contributed by atoms with van der Waals surface area (Å²) in [4.78, 5) is 31.5. The zero-order chi connectivity index (χ0) is 20.1. The molecule has 0 bridgehead atoms. The molecule has 28 heavy (non-hydrogen) atoms.